The highest BCUT2D eigenvalue weighted by Gasteiger charge is 2.14. The predicted molar refractivity (Wildman–Crippen MR) is 75.0 cm³/mol. The second-order valence-electron chi connectivity index (χ2n) is 4.36. The third-order valence-corrected chi connectivity index (χ3v) is 3.71. The van der Waals surface area contributed by atoms with Crippen LogP contribution in [-0.4, -0.2) is 9.78 Å². The van der Waals surface area contributed by atoms with Crippen LogP contribution in [0.25, 0.3) is 0 Å². The first kappa shape index (κ1) is 13.4. The van der Waals surface area contributed by atoms with Crippen LogP contribution in [-0.2, 0) is 13.5 Å². The van der Waals surface area contributed by atoms with E-state index in [2.05, 4.69) is 5.10 Å². The molecular weight excluding hydrogens is 269 g/mol. The van der Waals surface area contributed by atoms with Gasteiger partial charge in [0.25, 0.3) is 0 Å². The summed E-state index contributed by atoms with van der Waals surface area (Å²) in [6.45, 7) is 2.01. The molecule has 2 rings (SSSR count). The van der Waals surface area contributed by atoms with E-state index in [9.17, 15) is 0 Å². The molecule has 1 aromatic heterocycles. The number of benzene rings is 1. The highest BCUT2D eigenvalue weighted by atomic mass is 35.5. The van der Waals surface area contributed by atoms with Crippen molar-refractivity contribution in [2.75, 3.05) is 0 Å². The molecule has 0 aliphatic rings. The molecular formula is C13H15Cl2N3. The van der Waals surface area contributed by atoms with Gasteiger partial charge in [-0.1, -0.05) is 29.3 Å². The van der Waals surface area contributed by atoms with Gasteiger partial charge in [0.05, 0.1) is 6.20 Å². The molecule has 2 N–H and O–H groups in total. The van der Waals surface area contributed by atoms with Gasteiger partial charge in [-0.05, 0) is 31.0 Å². The minimum Gasteiger partial charge on any atom is -0.324 e. The van der Waals surface area contributed by atoms with E-state index in [1.165, 1.54) is 0 Å². The lowest BCUT2D eigenvalue weighted by Crippen LogP contribution is -2.14. The van der Waals surface area contributed by atoms with E-state index in [0.717, 1.165) is 16.8 Å². The quantitative estimate of drug-likeness (QED) is 0.940. The SMILES string of the molecule is Cc1c(C(N)Cc2ccc(Cl)cc2Cl)cnn1C. The fourth-order valence-electron chi connectivity index (χ4n) is 1.91. The molecule has 0 aliphatic heterocycles. The van der Waals surface area contributed by atoms with Crippen LogP contribution in [0.1, 0.15) is 22.9 Å². The van der Waals surface area contributed by atoms with E-state index in [4.69, 9.17) is 28.9 Å². The van der Waals surface area contributed by atoms with E-state index in [1.54, 1.807) is 6.07 Å². The fraction of sp³-hybridized carbons (Fsp3) is 0.308. The molecule has 18 heavy (non-hydrogen) atoms. The van der Waals surface area contributed by atoms with Crippen LogP contribution in [0.5, 0.6) is 0 Å². The second kappa shape index (κ2) is 5.31. The highest BCUT2D eigenvalue weighted by molar-refractivity contribution is 6.35. The van der Waals surface area contributed by atoms with Crippen LogP contribution in [0, 0.1) is 6.92 Å². The van der Waals surface area contributed by atoms with E-state index in [-0.39, 0.29) is 6.04 Å². The fourth-order valence-corrected chi connectivity index (χ4v) is 2.40. The molecule has 0 amide bonds. The summed E-state index contributed by atoms with van der Waals surface area (Å²) in [5, 5.41) is 5.48. The molecule has 0 saturated carbocycles. The summed E-state index contributed by atoms with van der Waals surface area (Å²) in [5.74, 6) is 0. The van der Waals surface area contributed by atoms with Crippen molar-refractivity contribution in [3.8, 4) is 0 Å². The zero-order chi connectivity index (χ0) is 13.3. The zero-order valence-electron chi connectivity index (χ0n) is 10.3. The van der Waals surface area contributed by atoms with Gasteiger partial charge in [-0.3, -0.25) is 4.68 Å². The third kappa shape index (κ3) is 2.69. The number of aryl methyl sites for hydroxylation is 1. The highest BCUT2D eigenvalue weighted by Crippen LogP contribution is 2.26. The summed E-state index contributed by atoms with van der Waals surface area (Å²) in [6, 6.07) is 5.36. The van der Waals surface area contributed by atoms with Gasteiger partial charge in [0.2, 0.25) is 0 Å². The number of aromatic nitrogens is 2. The summed E-state index contributed by atoms with van der Waals surface area (Å²) in [7, 11) is 1.90. The molecule has 5 heteroatoms. The first-order valence-electron chi connectivity index (χ1n) is 5.67. The van der Waals surface area contributed by atoms with Crippen LogP contribution in [0.15, 0.2) is 24.4 Å². The number of halogens is 2. The van der Waals surface area contributed by atoms with Crippen LogP contribution in [0.3, 0.4) is 0 Å². The summed E-state index contributed by atoms with van der Waals surface area (Å²) in [4.78, 5) is 0. The van der Waals surface area contributed by atoms with Gasteiger partial charge < -0.3 is 5.73 Å². The standard InChI is InChI=1S/C13H15Cl2N3/c1-8-11(7-17-18(8)2)13(16)5-9-3-4-10(14)6-12(9)15/h3-4,6-7,13H,5,16H2,1-2H3. The van der Waals surface area contributed by atoms with Gasteiger partial charge in [-0.25, -0.2) is 0 Å². The average molecular weight is 284 g/mol. The minimum atomic E-state index is -0.114. The molecule has 96 valence electrons. The lowest BCUT2D eigenvalue weighted by atomic mass is 10.0. The number of hydrogen-bond acceptors (Lipinski definition) is 2. The summed E-state index contributed by atoms with van der Waals surface area (Å²) in [5.41, 5.74) is 9.32. The third-order valence-electron chi connectivity index (χ3n) is 3.13. The molecule has 0 aliphatic carbocycles. The predicted octanol–water partition coefficient (Wildman–Crippen LogP) is 3.28. The van der Waals surface area contributed by atoms with Crippen molar-refractivity contribution in [2.45, 2.75) is 19.4 Å². The summed E-state index contributed by atoms with van der Waals surface area (Å²) >= 11 is 12.0. The van der Waals surface area contributed by atoms with Gasteiger partial charge in [0, 0.05) is 34.4 Å². The Balaban J connectivity index is 2.21. The molecule has 1 heterocycles. The van der Waals surface area contributed by atoms with Crippen molar-refractivity contribution in [2.24, 2.45) is 12.8 Å². The number of hydrogen-bond donors (Lipinski definition) is 1. The minimum absolute atomic E-state index is 0.114. The molecule has 1 unspecified atom stereocenters. The van der Waals surface area contributed by atoms with Gasteiger partial charge in [-0.2, -0.15) is 5.10 Å². The van der Waals surface area contributed by atoms with Gasteiger partial charge in [-0.15, -0.1) is 0 Å². The molecule has 0 radical (unpaired) electrons. The Kier molecular flexibility index (Phi) is 3.95. The molecule has 0 spiro atoms. The zero-order valence-corrected chi connectivity index (χ0v) is 11.8. The molecule has 2 aromatic rings. The van der Waals surface area contributed by atoms with E-state index in [1.807, 2.05) is 37.0 Å². The van der Waals surface area contributed by atoms with Gasteiger partial charge in [0.15, 0.2) is 0 Å². The molecule has 1 aromatic carbocycles. The maximum absolute atomic E-state index is 6.20. The Morgan fingerprint density at radius 2 is 2.11 bits per heavy atom. The van der Waals surface area contributed by atoms with Crippen molar-refractivity contribution in [3.63, 3.8) is 0 Å². The second-order valence-corrected chi connectivity index (χ2v) is 5.20. The van der Waals surface area contributed by atoms with Crippen molar-refractivity contribution in [1.29, 1.82) is 0 Å². The Hall–Kier alpha value is -1.03. The first-order valence-corrected chi connectivity index (χ1v) is 6.42. The average Bonchev–Trinajstić information content (AvgIpc) is 2.64. The van der Waals surface area contributed by atoms with E-state index >= 15 is 0 Å². The van der Waals surface area contributed by atoms with Gasteiger partial charge >= 0.3 is 0 Å². The monoisotopic (exact) mass is 283 g/mol. The van der Waals surface area contributed by atoms with Crippen molar-refractivity contribution < 1.29 is 0 Å². The van der Waals surface area contributed by atoms with Crippen LogP contribution in [0.2, 0.25) is 10.0 Å². The maximum atomic E-state index is 6.20. The van der Waals surface area contributed by atoms with Crippen LogP contribution < -0.4 is 5.73 Å². The summed E-state index contributed by atoms with van der Waals surface area (Å²) < 4.78 is 1.82. The first-order chi connectivity index (χ1) is 8.49. The van der Waals surface area contributed by atoms with E-state index < -0.39 is 0 Å². The topological polar surface area (TPSA) is 43.8 Å². The Morgan fingerprint density at radius 3 is 2.67 bits per heavy atom. The smallest absolute Gasteiger partial charge is 0.0540 e. The Labute approximate surface area is 117 Å². The molecule has 1 atom stereocenters. The Bertz CT molecular complexity index is 563. The Morgan fingerprint density at radius 1 is 1.39 bits per heavy atom. The van der Waals surface area contributed by atoms with Crippen LogP contribution in [0.4, 0.5) is 0 Å². The lowest BCUT2D eigenvalue weighted by molar-refractivity contribution is 0.701. The number of nitrogens with zero attached hydrogens (tertiary/aromatic N) is 2. The van der Waals surface area contributed by atoms with Crippen molar-refractivity contribution in [1.82, 2.24) is 9.78 Å². The maximum Gasteiger partial charge on any atom is 0.0540 e. The van der Waals surface area contributed by atoms with E-state index in [0.29, 0.717) is 16.5 Å². The number of nitrogens with two attached hydrogens (primary N) is 1. The molecule has 3 nitrogen and oxygen atoms in total. The molecule has 0 saturated heterocycles. The normalized spacial score (nSPS) is 12.7. The van der Waals surface area contributed by atoms with Crippen molar-refractivity contribution in [3.05, 3.63) is 51.3 Å². The number of rotatable bonds is 3. The van der Waals surface area contributed by atoms with Gasteiger partial charge in [0.1, 0.15) is 0 Å². The van der Waals surface area contributed by atoms with Crippen molar-refractivity contribution >= 4 is 23.2 Å². The largest absolute Gasteiger partial charge is 0.324 e. The van der Waals surface area contributed by atoms with Crippen LogP contribution >= 0.6 is 23.2 Å². The summed E-state index contributed by atoms with van der Waals surface area (Å²) in [6.07, 6.45) is 2.48. The molecule has 0 fully saturated rings. The molecule has 0 bridgehead atoms. The lowest BCUT2D eigenvalue weighted by Gasteiger charge is -2.12.